The predicted molar refractivity (Wildman–Crippen MR) is 94.4 cm³/mol. The zero-order valence-corrected chi connectivity index (χ0v) is 13.9. The molecule has 0 atom stereocenters. The lowest BCUT2D eigenvalue weighted by Crippen LogP contribution is -2.42. The van der Waals surface area contributed by atoms with Gasteiger partial charge in [0.1, 0.15) is 0 Å². The number of thiocarbonyl (C=S) groups is 1. The molecule has 0 saturated carbocycles. The monoisotopic (exact) mass is 320 g/mol. The Morgan fingerprint density at radius 1 is 1.32 bits per heavy atom. The van der Waals surface area contributed by atoms with E-state index in [1.165, 1.54) is 5.56 Å². The molecule has 0 amide bonds. The number of benzene rings is 1. The molecule has 22 heavy (non-hydrogen) atoms. The molecule has 0 radical (unpaired) electrons. The second-order valence-corrected chi connectivity index (χ2v) is 5.58. The van der Waals surface area contributed by atoms with Crippen LogP contribution < -0.4 is 10.7 Å². The number of hydrogen-bond acceptors (Lipinski definition) is 4. The van der Waals surface area contributed by atoms with E-state index in [-0.39, 0.29) is 0 Å². The summed E-state index contributed by atoms with van der Waals surface area (Å²) in [6.07, 6.45) is 2.82. The number of hydrogen-bond donors (Lipinski definition) is 2. The first-order chi connectivity index (χ1) is 10.8. The highest BCUT2D eigenvalue weighted by atomic mass is 32.1. The van der Waals surface area contributed by atoms with E-state index >= 15 is 0 Å². The average Bonchev–Trinajstić information content (AvgIpc) is 2.56. The third-order valence-electron chi connectivity index (χ3n) is 3.58. The predicted octanol–water partition coefficient (Wildman–Crippen LogP) is 1.38. The third kappa shape index (κ3) is 6.09. The summed E-state index contributed by atoms with van der Waals surface area (Å²) in [5, 5.41) is 7.86. The van der Waals surface area contributed by atoms with Gasteiger partial charge in [0.2, 0.25) is 0 Å². The second-order valence-electron chi connectivity index (χ2n) is 5.18. The summed E-state index contributed by atoms with van der Waals surface area (Å²) >= 11 is 5.20. The maximum absolute atomic E-state index is 5.32. The van der Waals surface area contributed by atoms with Crippen molar-refractivity contribution < 1.29 is 4.74 Å². The molecule has 0 aliphatic carbocycles. The Hall–Kier alpha value is -1.50. The lowest BCUT2D eigenvalue weighted by atomic mass is 10.1. The molecule has 1 fully saturated rings. The van der Waals surface area contributed by atoms with Gasteiger partial charge in [0.25, 0.3) is 0 Å². The summed E-state index contributed by atoms with van der Waals surface area (Å²) in [7, 11) is 0. The van der Waals surface area contributed by atoms with Crippen LogP contribution in [0, 0.1) is 0 Å². The van der Waals surface area contributed by atoms with E-state index in [1.54, 1.807) is 6.21 Å². The summed E-state index contributed by atoms with van der Waals surface area (Å²) < 4.78 is 5.32. The van der Waals surface area contributed by atoms with Gasteiger partial charge in [-0.05, 0) is 29.8 Å². The SMILES string of the molecule is CCc1ccc(/C=N/NC(=S)NCCN2CCOCC2)cc1. The summed E-state index contributed by atoms with van der Waals surface area (Å²) in [5.41, 5.74) is 5.22. The van der Waals surface area contributed by atoms with Crippen molar-refractivity contribution in [3.8, 4) is 0 Å². The number of aryl methyl sites for hydroxylation is 1. The van der Waals surface area contributed by atoms with E-state index in [1.807, 2.05) is 0 Å². The van der Waals surface area contributed by atoms with E-state index in [4.69, 9.17) is 17.0 Å². The first kappa shape index (κ1) is 16.9. The number of nitrogens with one attached hydrogen (secondary N) is 2. The molecule has 0 spiro atoms. The zero-order chi connectivity index (χ0) is 15.6. The van der Waals surface area contributed by atoms with Crippen LogP contribution >= 0.6 is 12.2 Å². The van der Waals surface area contributed by atoms with E-state index in [2.05, 4.69) is 51.9 Å². The van der Waals surface area contributed by atoms with Crippen molar-refractivity contribution in [2.24, 2.45) is 5.10 Å². The molecule has 2 rings (SSSR count). The van der Waals surface area contributed by atoms with Gasteiger partial charge in [0, 0.05) is 26.2 Å². The van der Waals surface area contributed by atoms with Gasteiger partial charge < -0.3 is 10.1 Å². The van der Waals surface area contributed by atoms with E-state index < -0.39 is 0 Å². The molecule has 0 unspecified atom stereocenters. The molecule has 5 nitrogen and oxygen atoms in total. The van der Waals surface area contributed by atoms with Gasteiger partial charge in [0.15, 0.2) is 5.11 Å². The van der Waals surface area contributed by atoms with Crippen LogP contribution in [0.3, 0.4) is 0 Å². The summed E-state index contributed by atoms with van der Waals surface area (Å²) in [6.45, 7) is 7.56. The van der Waals surface area contributed by atoms with Crippen molar-refractivity contribution >= 4 is 23.5 Å². The molecule has 0 aromatic heterocycles. The van der Waals surface area contributed by atoms with Crippen molar-refractivity contribution in [1.82, 2.24) is 15.6 Å². The van der Waals surface area contributed by atoms with Gasteiger partial charge in [-0.15, -0.1) is 0 Å². The summed E-state index contributed by atoms with van der Waals surface area (Å²) in [4.78, 5) is 2.36. The Labute approximate surface area is 137 Å². The summed E-state index contributed by atoms with van der Waals surface area (Å²) in [5.74, 6) is 0. The van der Waals surface area contributed by atoms with Gasteiger partial charge >= 0.3 is 0 Å². The van der Waals surface area contributed by atoms with Crippen molar-refractivity contribution in [2.45, 2.75) is 13.3 Å². The van der Waals surface area contributed by atoms with Crippen LogP contribution in [0.4, 0.5) is 0 Å². The van der Waals surface area contributed by atoms with Gasteiger partial charge in [-0.3, -0.25) is 10.3 Å². The maximum Gasteiger partial charge on any atom is 0.187 e. The van der Waals surface area contributed by atoms with Crippen molar-refractivity contribution in [1.29, 1.82) is 0 Å². The number of hydrazone groups is 1. The Kier molecular flexibility index (Phi) is 7.28. The fourth-order valence-corrected chi connectivity index (χ4v) is 2.35. The minimum absolute atomic E-state index is 0.551. The van der Waals surface area contributed by atoms with Crippen molar-refractivity contribution in [2.75, 3.05) is 39.4 Å². The standard InChI is InChI=1S/C16H24N4OS/c1-2-14-3-5-15(6-4-14)13-18-19-16(22)17-7-8-20-9-11-21-12-10-20/h3-6,13H,2,7-12H2,1H3,(H2,17,19,22)/b18-13+. The Morgan fingerprint density at radius 2 is 2.05 bits per heavy atom. The first-order valence-corrected chi connectivity index (χ1v) is 8.14. The molecule has 1 aromatic rings. The lowest BCUT2D eigenvalue weighted by molar-refractivity contribution is 0.0389. The van der Waals surface area contributed by atoms with Crippen molar-refractivity contribution in [3.63, 3.8) is 0 Å². The van der Waals surface area contributed by atoms with Crippen molar-refractivity contribution in [3.05, 3.63) is 35.4 Å². The minimum Gasteiger partial charge on any atom is -0.379 e. The topological polar surface area (TPSA) is 48.9 Å². The van der Waals surface area contributed by atoms with E-state index in [0.29, 0.717) is 5.11 Å². The van der Waals surface area contributed by atoms with E-state index in [0.717, 1.165) is 51.4 Å². The molecule has 1 saturated heterocycles. The molecule has 0 bridgehead atoms. The number of ether oxygens (including phenoxy) is 1. The van der Waals surface area contributed by atoms with Gasteiger partial charge in [0.05, 0.1) is 19.4 Å². The number of nitrogens with zero attached hydrogens (tertiary/aromatic N) is 2. The molecule has 1 aromatic carbocycles. The fourth-order valence-electron chi connectivity index (χ4n) is 2.20. The Balaban J connectivity index is 1.62. The molecule has 120 valence electrons. The molecule has 1 aliphatic rings. The Morgan fingerprint density at radius 3 is 2.73 bits per heavy atom. The molecular formula is C16H24N4OS. The normalized spacial score (nSPS) is 15.9. The lowest BCUT2D eigenvalue weighted by Gasteiger charge is -2.26. The highest BCUT2D eigenvalue weighted by Crippen LogP contribution is 2.02. The van der Waals surface area contributed by atoms with Gasteiger partial charge in [-0.1, -0.05) is 31.2 Å². The molecular weight excluding hydrogens is 296 g/mol. The maximum atomic E-state index is 5.32. The molecule has 2 N–H and O–H groups in total. The van der Waals surface area contributed by atoms with Crippen LogP contribution in [-0.4, -0.2) is 55.6 Å². The fraction of sp³-hybridized carbons (Fsp3) is 0.500. The third-order valence-corrected chi connectivity index (χ3v) is 3.82. The van der Waals surface area contributed by atoms with Gasteiger partial charge in [-0.2, -0.15) is 5.10 Å². The quantitative estimate of drug-likeness (QED) is 0.471. The molecule has 6 heteroatoms. The largest absolute Gasteiger partial charge is 0.379 e. The molecule has 1 aliphatic heterocycles. The number of rotatable bonds is 6. The minimum atomic E-state index is 0.551. The van der Waals surface area contributed by atoms with Crippen LogP contribution in [-0.2, 0) is 11.2 Å². The number of morpholine rings is 1. The van der Waals surface area contributed by atoms with Crippen LogP contribution in [0.2, 0.25) is 0 Å². The van der Waals surface area contributed by atoms with Crippen LogP contribution in [0.25, 0.3) is 0 Å². The highest BCUT2D eigenvalue weighted by Gasteiger charge is 2.09. The second kappa shape index (κ2) is 9.50. The Bertz CT molecular complexity index is 483. The first-order valence-electron chi connectivity index (χ1n) is 7.74. The van der Waals surface area contributed by atoms with Gasteiger partial charge in [-0.25, -0.2) is 0 Å². The summed E-state index contributed by atoms with van der Waals surface area (Å²) in [6, 6.07) is 8.33. The molecule has 1 heterocycles. The van der Waals surface area contributed by atoms with Crippen LogP contribution in [0.5, 0.6) is 0 Å². The zero-order valence-electron chi connectivity index (χ0n) is 13.0. The smallest absolute Gasteiger partial charge is 0.187 e. The van der Waals surface area contributed by atoms with E-state index in [9.17, 15) is 0 Å². The van der Waals surface area contributed by atoms with Crippen LogP contribution in [0.15, 0.2) is 29.4 Å². The van der Waals surface area contributed by atoms with Crippen LogP contribution in [0.1, 0.15) is 18.1 Å². The highest BCUT2D eigenvalue weighted by molar-refractivity contribution is 7.80. The average molecular weight is 320 g/mol.